The van der Waals surface area contributed by atoms with Crippen LogP contribution in [0.25, 0.3) is 21.9 Å². The number of carbonyl (C=O) groups is 1. The minimum atomic E-state index is -3.96. The van der Waals surface area contributed by atoms with Gasteiger partial charge in [0.05, 0.1) is 23.1 Å². The number of rotatable bonds is 5. The van der Waals surface area contributed by atoms with Gasteiger partial charge in [-0.15, -0.1) is 0 Å². The molecule has 1 fully saturated rings. The SMILES string of the molecule is O=C1C(NS(=O)(=O)c2ccc3cc(Cl)ccc3c2)CCN1c1ccc(-c2ccoc2)cc1F. The summed E-state index contributed by atoms with van der Waals surface area (Å²) in [6.07, 6.45) is 3.22. The van der Waals surface area contributed by atoms with Gasteiger partial charge in [0.25, 0.3) is 0 Å². The van der Waals surface area contributed by atoms with Crippen molar-refractivity contribution in [2.75, 3.05) is 11.4 Å². The molecule has 6 nitrogen and oxygen atoms in total. The maximum atomic E-state index is 14.8. The highest BCUT2D eigenvalue weighted by Gasteiger charge is 2.36. The maximum Gasteiger partial charge on any atom is 0.245 e. The second kappa shape index (κ2) is 8.30. The van der Waals surface area contributed by atoms with Crippen molar-refractivity contribution in [3.05, 3.63) is 84.0 Å². The number of anilines is 1. The monoisotopic (exact) mass is 484 g/mol. The van der Waals surface area contributed by atoms with Gasteiger partial charge in [0, 0.05) is 17.1 Å². The fourth-order valence-electron chi connectivity index (χ4n) is 3.98. The standard InChI is InChI=1S/C24H18ClFN2O4S/c25-19-4-1-16-12-20(5-2-15(16)11-19)33(30,31)27-22-7-9-28(24(22)29)23-6-3-17(13-21(23)26)18-8-10-32-14-18/h1-6,8,10-14,22,27H,7,9H2. The Morgan fingerprint density at radius 1 is 1.00 bits per heavy atom. The lowest BCUT2D eigenvalue weighted by atomic mass is 10.1. The molecule has 0 saturated carbocycles. The Hall–Kier alpha value is -3.20. The zero-order valence-corrected chi connectivity index (χ0v) is 18.7. The maximum absolute atomic E-state index is 14.8. The predicted octanol–water partition coefficient (Wildman–Crippen LogP) is 4.98. The van der Waals surface area contributed by atoms with Crippen LogP contribution in [0.2, 0.25) is 5.02 Å². The third-order valence-electron chi connectivity index (χ3n) is 5.68. The Labute approximate surface area is 194 Å². The molecule has 1 atom stereocenters. The van der Waals surface area contributed by atoms with E-state index in [0.29, 0.717) is 16.0 Å². The van der Waals surface area contributed by atoms with E-state index < -0.39 is 27.8 Å². The van der Waals surface area contributed by atoms with Crippen LogP contribution >= 0.6 is 11.6 Å². The van der Waals surface area contributed by atoms with E-state index in [-0.39, 0.29) is 23.5 Å². The second-order valence-corrected chi connectivity index (χ2v) is 9.93. The molecule has 33 heavy (non-hydrogen) atoms. The van der Waals surface area contributed by atoms with E-state index in [1.54, 1.807) is 36.4 Å². The van der Waals surface area contributed by atoms with Crippen molar-refractivity contribution in [1.29, 1.82) is 0 Å². The van der Waals surface area contributed by atoms with Crippen LogP contribution in [0.4, 0.5) is 10.1 Å². The van der Waals surface area contributed by atoms with Gasteiger partial charge in [0.2, 0.25) is 15.9 Å². The number of halogens is 2. The number of nitrogens with zero attached hydrogens (tertiary/aromatic N) is 1. The zero-order valence-electron chi connectivity index (χ0n) is 17.2. The van der Waals surface area contributed by atoms with Crippen molar-refractivity contribution in [3.63, 3.8) is 0 Å². The summed E-state index contributed by atoms with van der Waals surface area (Å²) in [6, 6.07) is 15.1. The number of carbonyl (C=O) groups excluding carboxylic acids is 1. The lowest BCUT2D eigenvalue weighted by Gasteiger charge is -2.18. The van der Waals surface area contributed by atoms with Gasteiger partial charge in [-0.2, -0.15) is 4.72 Å². The van der Waals surface area contributed by atoms with Crippen LogP contribution in [-0.4, -0.2) is 26.9 Å². The second-order valence-electron chi connectivity index (χ2n) is 7.78. The number of hydrogen-bond acceptors (Lipinski definition) is 4. The highest BCUT2D eigenvalue weighted by Crippen LogP contribution is 2.30. The lowest BCUT2D eigenvalue weighted by molar-refractivity contribution is -0.118. The largest absolute Gasteiger partial charge is 0.472 e. The van der Waals surface area contributed by atoms with E-state index in [1.807, 2.05) is 0 Å². The fourth-order valence-corrected chi connectivity index (χ4v) is 5.42. The molecule has 1 saturated heterocycles. The quantitative estimate of drug-likeness (QED) is 0.433. The fraction of sp³-hybridized carbons (Fsp3) is 0.125. The zero-order chi connectivity index (χ0) is 23.2. The average molecular weight is 485 g/mol. The Bertz CT molecular complexity index is 1470. The van der Waals surface area contributed by atoms with Gasteiger partial charge in [-0.25, -0.2) is 12.8 Å². The van der Waals surface area contributed by atoms with Crippen LogP contribution in [0.15, 0.2) is 82.5 Å². The van der Waals surface area contributed by atoms with Gasteiger partial charge in [0.1, 0.15) is 11.9 Å². The van der Waals surface area contributed by atoms with Crippen LogP contribution in [0, 0.1) is 5.82 Å². The van der Waals surface area contributed by atoms with Crippen LogP contribution in [0.1, 0.15) is 6.42 Å². The van der Waals surface area contributed by atoms with Crippen LogP contribution in [0.3, 0.4) is 0 Å². The summed E-state index contributed by atoms with van der Waals surface area (Å²) < 4.78 is 48.2. The molecule has 1 aliphatic rings. The molecule has 0 aliphatic carbocycles. The van der Waals surface area contributed by atoms with Gasteiger partial charge < -0.3 is 9.32 Å². The molecule has 0 spiro atoms. The van der Waals surface area contributed by atoms with Gasteiger partial charge >= 0.3 is 0 Å². The van der Waals surface area contributed by atoms with Crippen molar-refractivity contribution in [1.82, 2.24) is 4.72 Å². The highest BCUT2D eigenvalue weighted by molar-refractivity contribution is 7.89. The van der Waals surface area contributed by atoms with Crippen molar-refractivity contribution < 1.29 is 22.0 Å². The molecular formula is C24H18ClFN2O4S. The Morgan fingerprint density at radius 3 is 2.55 bits per heavy atom. The first-order valence-electron chi connectivity index (χ1n) is 10.2. The molecule has 1 N–H and O–H groups in total. The summed E-state index contributed by atoms with van der Waals surface area (Å²) in [5.41, 5.74) is 1.44. The summed E-state index contributed by atoms with van der Waals surface area (Å²) in [6.45, 7) is 0.199. The molecular weight excluding hydrogens is 467 g/mol. The lowest BCUT2D eigenvalue weighted by Crippen LogP contribution is -2.41. The smallest absolute Gasteiger partial charge is 0.245 e. The van der Waals surface area contributed by atoms with E-state index in [9.17, 15) is 17.6 Å². The van der Waals surface area contributed by atoms with Crippen LogP contribution in [0.5, 0.6) is 0 Å². The Morgan fingerprint density at radius 2 is 1.79 bits per heavy atom. The molecule has 1 aliphatic heterocycles. The first kappa shape index (κ1) is 21.6. The molecule has 168 valence electrons. The summed E-state index contributed by atoms with van der Waals surface area (Å²) in [5.74, 6) is -1.07. The molecule has 1 aromatic heterocycles. The van der Waals surface area contributed by atoms with Crippen molar-refractivity contribution in [2.45, 2.75) is 17.4 Å². The molecule has 9 heteroatoms. The molecule has 1 amide bonds. The first-order chi connectivity index (χ1) is 15.8. The number of furan rings is 1. The van der Waals surface area contributed by atoms with Gasteiger partial charge in [0.15, 0.2) is 0 Å². The van der Waals surface area contributed by atoms with E-state index >= 15 is 0 Å². The van der Waals surface area contributed by atoms with Crippen molar-refractivity contribution in [3.8, 4) is 11.1 Å². The molecule has 2 heterocycles. The number of sulfonamides is 1. The van der Waals surface area contributed by atoms with Crippen LogP contribution in [-0.2, 0) is 14.8 Å². The number of hydrogen-bond donors (Lipinski definition) is 1. The number of nitrogens with one attached hydrogen (secondary N) is 1. The van der Waals surface area contributed by atoms with Gasteiger partial charge in [-0.1, -0.05) is 29.8 Å². The van der Waals surface area contributed by atoms with Crippen LogP contribution < -0.4 is 9.62 Å². The van der Waals surface area contributed by atoms with E-state index in [4.69, 9.17) is 16.0 Å². The third-order valence-corrected chi connectivity index (χ3v) is 7.38. The molecule has 3 aromatic carbocycles. The topological polar surface area (TPSA) is 79.6 Å². The summed E-state index contributed by atoms with van der Waals surface area (Å²) >= 11 is 5.98. The molecule has 0 radical (unpaired) electrons. The third kappa shape index (κ3) is 4.13. The molecule has 1 unspecified atom stereocenters. The molecule has 4 aromatic rings. The van der Waals surface area contributed by atoms with Crippen molar-refractivity contribution in [2.24, 2.45) is 0 Å². The highest BCUT2D eigenvalue weighted by atomic mass is 35.5. The molecule has 5 rings (SSSR count). The Kier molecular flexibility index (Phi) is 5.44. The molecule has 0 bridgehead atoms. The van der Waals surface area contributed by atoms with Gasteiger partial charge in [-0.05, 0) is 65.2 Å². The van der Waals surface area contributed by atoms with Gasteiger partial charge in [-0.3, -0.25) is 4.79 Å². The summed E-state index contributed by atoms with van der Waals surface area (Å²) in [4.78, 5) is 14.2. The Balaban J connectivity index is 1.36. The van der Waals surface area contributed by atoms with E-state index in [0.717, 1.165) is 10.9 Å². The summed E-state index contributed by atoms with van der Waals surface area (Å²) in [5, 5.41) is 2.07. The van der Waals surface area contributed by atoms with E-state index in [2.05, 4.69) is 4.72 Å². The minimum Gasteiger partial charge on any atom is -0.472 e. The summed E-state index contributed by atoms with van der Waals surface area (Å²) in [7, 11) is -3.96. The number of fused-ring (bicyclic) bond motifs is 1. The predicted molar refractivity (Wildman–Crippen MR) is 124 cm³/mol. The minimum absolute atomic E-state index is 0.0409. The normalized spacial score (nSPS) is 16.6. The van der Waals surface area contributed by atoms with Crippen molar-refractivity contribution >= 4 is 44.0 Å². The first-order valence-corrected chi connectivity index (χ1v) is 12.0. The number of benzene rings is 3. The van der Waals surface area contributed by atoms with E-state index in [1.165, 1.54) is 41.7 Å². The average Bonchev–Trinajstić information content (AvgIpc) is 3.44. The number of amides is 1.